The van der Waals surface area contributed by atoms with Gasteiger partial charge in [-0.2, -0.15) is 0 Å². The summed E-state index contributed by atoms with van der Waals surface area (Å²) in [6.07, 6.45) is 4.63. The molecule has 0 aliphatic rings. The average Bonchev–Trinajstić information content (AvgIpc) is 2.51. The van der Waals surface area contributed by atoms with Crippen LogP contribution in [0.3, 0.4) is 0 Å². The van der Waals surface area contributed by atoms with E-state index in [1.165, 1.54) is 5.56 Å². The molecule has 0 amide bonds. The van der Waals surface area contributed by atoms with Crippen LogP contribution in [0.25, 0.3) is 10.8 Å². The lowest BCUT2D eigenvalue weighted by Gasteiger charge is -2.12. The maximum Gasteiger partial charge on any atom is 0.0634 e. The largest absolute Gasteiger partial charge is 0.397 e. The van der Waals surface area contributed by atoms with E-state index in [1.54, 1.807) is 6.20 Å². The molecule has 0 unspecified atom stereocenters. The maximum atomic E-state index is 6.23. The maximum absolute atomic E-state index is 6.23. The fourth-order valence-electron chi connectivity index (χ4n) is 2.28. The summed E-state index contributed by atoms with van der Waals surface area (Å²) in [5.74, 6) is 0. The van der Waals surface area contributed by atoms with Crippen LogP contribution in [0.4, 0.5) is 17.1 Å². The molecule has 0 aliphatic carbocycles. The summed E-state index contributed by atoms with van der Waals surface area (Å²) in [5.41, 5.74) is 10.3. The zero-order valence-corrected chi connectivity index (χ0v) is 11.4. The van der Waals surface area contributed by atoms with E-state index in [0.717, 1.165) is 34.3 Å². The summed E-state index contributed by atoms with van der Waals surface area (Å²) in [7, 11) is 0. The van der Waals surface area contributed by atoms with Crippen molar-refractivity contribution in [2.75, 3.05) is 11.1 Å². The van der Waals surface area contributed by atoms with Crippen LogP contribution in [-0.2, 0) is 6.42 Å². The van der Waals surface area contributed by atoms with Crippen LogP contribution in [0.15, 0.2) is 54.9 Å². The van der Waals surface area contributed by atoms with Crippen molar-refractivity contribution in [3.8, 4) is 0 Å². The number of anilines is 3. The standard InChI is InChI=1S/C17H17N3/c1-2-12-3-6-14(7-4-12)20-16-8-5-13-11-19-10-9-15(13)17(16)18/h3-11,20H,2,18H2,1H3. The lowest BCUT2D eigenvalue weighted by Crippen LogP contribution is -1.97. The van der Waals surface area contributed by atoms with Crippen molar-refractivity contribution in [2.24, 2.45) is 0 Å². The van der Waals surface area contributed by atoms with E-state index in [1.807, 2.05) is 24.4 Å². The molecular formula is C17H17N3. The Morgan fingerprint density at radius 1 is 1.05 bits per heavy atom. The van der Waals surface area contributed by atoms with Crippen molar-refractivity contribution >= 4 is 27.8 Å². The van der Waals surface area contributed by atoms with E-state index < -0.39 is 0 Å². The van der Waals surface area contributed by atoms with Crippen LogP contribution in [0.5, 0.6) is 0 Å². The summed E-state index contributed by atoms with van der Waals surface area (Å²) < 4.78 is 0. The molecule has 3 rings (SSSR count). The van der Waals surface area contributed by atoms with Crippen LogP contribution in [0.2, 0.25) is 0 Å². The zero-order chi connectivity index (χ0) is 13.9. The van der Waals surface area contributed by atoms with Gasteiger partial charge in [0.1, 0.15) is 0 Å². The van der Waals surface area contributed by atoms with E-state index in [9.17, 15) is 0 Å². The number of aromatic nitrogens is 1. The first-order chi connectivity index (χ1) is 9.78. The summed E-state index contributed by atoms with van der Waals surface area (Å²) in [5, 5.41) is 5.45. The number of nitrogen functional groups attached to an aromatic ring is 1. The SMILES string of the molecule is CCc1ccc(Nc2ccc3cnccc3c2N)cc1. The summed E-state index contributed by atoms with van der Waals surface area (Å²) >= 11 is 0. The number of nitrogens with zero attached hydrogens (tertiary/aromatic N) is 1. The van der Waals surface area contributed by atoms with Crippen LogP contribution < -0.4 is 11.1 Å². The van der Waals surface area contributed by atoms with Crippen molar-refractivity contribution in [3.63, 3.8) is 0 Å². The Kier molecular flexibility index (Phi) is 3.25. The molecule has 3 heteroatoms. The molecular weight excluding hydrogens is 246 g/mol. The minimum Gasteiger partial charge on any atom is -0.397 e. The highest BCUT2D eigenvalue weighted by molar-refractivity contribution is 5.99. The van der Waals surface area contributed by atoms with Crippen LogP contribution in [-0.4, -0.2) is 4.98 Å². The van der Waals surface area contributed by atoms with Gasteiger partial charge in [0.2, 0.25) is 0 Å². The highest BCUT2D eigenvalue weighted by Crippen LogP contribution is 2.30. The van der Waals surface area contributed by atoms with Gasteiger partial charge in [-0.1, -0.05) is 25.1 Å². The average molecular weight is 263 g/mol. The number of fused-ring (bicyclic) bond motifs is 1. The molecule has 3 nitrogen and oxygen atoms in total. The summed E-state index contributed by atoms with van der Waals surface area (Å²) in [6.45, 7) is 2.15. The molecule has 100 valence electrons. The molecule has 0 bridgehead atoms. The third kappa shape index (κ3) is 2.30. The van der Waals surface area contributed by atoms with Gasteiger partial charge >= 0.3 is 0 Å². The quantitative estimate of drug-likeness (QED) is 0.699. The third-order valence-corrected chi connectivity index (χ3v) is 3.50. The molecule has 2 aromatic carbocycles. The molecule has 20 heavy (non-hydrogen) atoms. The van der Waals surface area contributed by atoms with E-state index in [0.29, 0.717) is 0 Å². The summed E-state index contributed by atoms with van der Waals surface area (Å²) in [6, 6.07) is 14.4. The molecule has 0 atom stereocenters. The molecule has 0 spiro atoms. The van der Waals surface area contributed by atoms with Gasteiger partial charge in [0, 0.05) is 28.9 Å². The van der Waals surface area contributed by atoms with Crippen LogP contribution in [0, 0.1) is 0 Å². The molecule has 0 aliphatic heterocycles. The number of rotatable bonds is 3. The highest BCUT2D eigenvalue weighted by atomic mass is 14.9. The lowest BCUT2D eigenvalue weighted by molar-refractivity contribution is 1.14. The Bertz CT molecular complexity index is 733. The topological polar surface area (TPSA) is 50.9 Å². The predicted octanol–water partition coefficient (Wildman–Crippen LogP) is 4.12. The van der Waals surface area contributed by atoms with E-state index >= 15 is 0 Å². The lowest BCUT2D eigenvalue weighted by atomic mass is 10.1. The van der Waals surface area contributed by atoms with Crippen molar-refractivity contribution in [1.82, 2.24) is 4.98 Å². The summed E-state index contributed by atoms with van der Waals surface area (Å²) in [4.78, 5) is 4.11. The molecule has 0 saturated carbocycles. The van der Waals surface area contributed by atoms with Crippen molar-refractivity contribution in [1.29, 1.82) is 0 Å². The van der Waals surface area contributed by atoms with Crippen molar-refractivity contribution in [2.45, 2.75) is 13.3 Å². The molecule has 0 saturated heterocycles. The number of nitrogens with two attached hydrogens (primary N) is 1. The smallest absolute Gasteiger partial charge is 0.0634 e. The highest BCUT2D eigenvalue weighted by Gasteiger charge is 2.04. The molecule has 1 heterocycles. The predicted molar refractivity (Wildman–Crippen MR) is 85.3 cm³/mol. The first-order valence-corrected chi connectivity index (χ1v) is 6.76. The Labute approximate surface area is 118 Å². The second-order valence-corrected chi connectivity index (χ2v) is 4.80. The van der Waals surface area contributed by atoms with E-state index in [4.69, 9.17) is 5.73 Å². The normalized spacial score (nSPS) is 10.7. The van der Waals surface area contributed by atoms with Gasteiger partial charge in [0.05, 0.1) is 11.4 Å². The minimum atomic E-state index is 0.754. The van der Waals surface area contributed by atoms with Crippen molar-refractivity contribution in [3.05, 3.63) is 60.4 Å². The van der Waals surface area contributed by atoms with Gasteiger partial charge in [0.15, 0.2) is 0 Å². The van der Waals surface area contributed by atoms with Gasteiger partial charge in [-0.3, -0.25) is 4.98 Å². The molecule has 0 radical (unpaired) electrons. The number of nitrogens with one attached hydrogen (secondary N) is 1. The van der Waals surface area contributed by atoms with Gasteiger partial charge in [-0.25, -0.2) is 0 Å². The molecule has 3 aromatic rings. The Morgan fingerprint density at radius 3 is 2.60 bits per heavy atom. The van der Waals surface area contributed by atoms with E-state index in [-0.39, 0.29) is 0 Å². The molecule has 1 aromatic heterocycles. The van der Waals surface area contributed by atoms with Gasteiger partial charge < -0.3 is 11.1 Å². The van der Waals surface area contributed by atoms with Gasteiger partial charge in [0.25, 0.3) is 0 Å². The second kappa shape index (κ2) is 5.21. The number of pyridine rings is 1. The number of hydrogen-bond acceptors (Lipinski definition) is 3. The Hall–Kier alpha value is -2.55. The second-order valence-electron chi connectivity index (χ2n) is 4.80. The Balaban J connectivity index is 1.95. The van der Waals surface area contributed by atoms with Gasteiger partial charge in [-0.15, -0.1) is 0 Å². The van der Waals surface area contributed by atoms with E-state index in [2.05, 4.69) is 41.5 Å². The fraction of sp³-hybridized carbons (Fsp3) is 0.118. The van der Waals surface area contributed by atoms with Gasteiger partial charge in [-0.05, 0) is 36.2 Å². The minimum absolute atomic E-state index is 0.754. The zero-order valence-electron chi connectivity index (χ0n) is 11.4. The van der Waals surface area contributed by atoms with Crippen LogP contribution in [0.1, 0.15) is 12.5 Å². The number of aryl methyl sites for hydroxylation is 1. The first-order valence-electron chi connectivity index (χ1n) is 6.76. The number of benzene rings is 2. The monoisotopic (exact) mass is 263 g/mol. The van der Waals surface area contributed by atoms with Crippen LogP contribution >= 0.6 is 0 Å². The third-order valence-electron chi connectivity index (χ3n) is 3.50. The molecule has 3 N–H and O–H groups in total. The van der Waals surface area contributed by atoms with Crippen molar-refractivity contribution < 1.29 is 0 Å². The molecule has 0 fully saturated rings. The number of hydrogen-bond donors (Lipinski definition) is 2. The Morgan fingerprint density at radius 2 is 1.85 bits per heavy atom. The fourth-order valence-corrected chi connectivity index (χ4v) is 2.28. The first kappa shape index (κ1) is 12.5.